The number of carbonyl (C=O) groups is 1. The van der Waals surface area contributed by atoms with Gasteiger partial charge in [0, 0.05) is 18.4 Å². The van der Waals surface area contributed by atoms with Gasteiger partial charge in [0.15, 0.2) is 11.5 Å². The van der Waals surface area contributed by atoms with E-state index in [0.717, 1.165) is 29.7 Å². The third-order valence-electron chi connectivity index (χ3n) is 4.97. The predicted octanol–water partition coefficient (Wildman–Crippen LogP) is 4.01. The van der Waals surface area contributed by atoms with Crippen LogP contribution in [0.4, 0.5) is 0 Å². The highest BCUT2D eigenvalue weighted by Crippen LogP contribution is 2.35. The predicted molar refractivity (Wildman–Crippen MR) is 105 cm³/mol. The maximum absolute atomic E-state index is 11.3. The zero-order valence-electron chi connectivity index (χ0n) is 15.1. The lowest BCUT2D eigenvalue weighted by molar-refractivity contribution is 0.100. The molecule has 0 saturated heterocycles. The lowest BCUT2D eigenvalue weighted by Crippen LogP contribution is -2.16. The van der Waals surface area contributed by atoms with Gasteiger partial charge in [0.05, 0.1) is 7.11 Å². The van der Waals surface area contributed by atoms with Gasteiger partial charge in [-0.25, -0.2) is 0 Å². The van der Waals surface area contributed by atoms with E-state index in [2.05, 4.69) is 24.3 Å². The summed E-state index contributed by atoms with van der Waals surface area (Å²) < 4.78 is 11.8. The van der Waals surface area contributed by atoms with Gasteiger partial charge >= 0.3 is 0 Å². The zero-order chi connectivity index (χ0) is 18.8. The summed E-state index contributed by atoms with van der Waals surface area (Å²) in [6.45, 7) is 0. The Morgan fingerprint density at radius 3 is 2.11 bits per heavy atom. The summed E-state index contributed by atoms with van der Waals surface area (Å²) >= 11 is 0. The highest BCUT2D eigenvalue weighted by molar-refractivity contribution is 5.93. The molecule has 4 heteroatoms. The molecule has 136 valence electrons. The monoisotopic (exact) mass is 359 g/mol. The first kappa shape index (κ1) is 17.2. The molecule has 0 atom stereocenters. The maximum atomic E-state index is 11.3. The highest BCUT2D eigenvalue weighted by Gasteiger charge is 2.23. The largest absolute Gasteiger partial charge is 0.493 e. The van der Waals surface area contributed by atoms with Crippen molar-refractivity contribution in [2.75, 3.05) is 7.11 Å². The molecular weight excluding hydrogens is 338 g/mol. The number of hydrogen-bond donors (Lipinski definition) is 1. The summed E-state index contributed by atoms with van der Waals surface area (Å²) in [7, 11) is 1.65. The van der Waals surface area contributed by atoms with Crippen LogP contribution in [0.1, 0.15) is 21.5 Å². The van der Waals surface area contributed by atoms with Gasteiger partial charge in [0.2, 0.25) is 5.91 Å². The van der Waals surface area contributed by atoms with Crippen molar-refractivity contribution in [3.63, 3.8) is 0 Å². The van der Waals surface area contributed by atoms with Crippen LogP contribution in [-0.4, -0.2) is 19.1 Å². The van der Waals surface area contributed by atoms with Crippen LogP contribution in [0, 0.1) is 0 Å². The van der Waals surface area contributed by atoms with Crippen LogP contribution in [0.25, 0.3) is 11.1 Å². The van der Waals surface area contributed by atoms with E-state index in [1.807, 2.05) is 30.3 Å². The second kappa shape index (κ2) is 7.16. The molecule has 0 spiro atoms. The minimum absolute atomic E-state index is 0.101. The molecular formula is C23H21NO3. The van der Waals surface area contributed by atoms with E-state index in [-0.39, 0.29) is 6.10 Å². The third-order valence-corrected chi connectivity index (χ3v) is 4.97. The van der Waals surface area contributed by atoms with Crippen molar-refractivity contribution in [3.05, 3.63) is 83.4 Å². The number of hydrogen-bond acceptors (Lipinski definition) is 3. The number of ether oxygens (including phenoxy) is 2. The van der Waals surface area contributed by atoms with Crippen molar-refractivity contribution in [2.24, 2.45) is 5.73 Å². The molecule has 0 saturated carbocycles. The van der Waals surface area contributed by atoms with Crippen molar-refractivity contribution in [1.82, 2.24) is 0 Å². The minimum atomic E-state index is -0.430. The molecule has 0 aliphatic heterocycles. The van der Waals surface area contributed by atoms with Gasteiger partial charge < -0.3 is 15.2 Å². The quantitative estimate of drug-likeness (QED) is 0.749. The van der Waals surface area contributed by atoms with Gasteiger partial charge in [0.1, 0.15) is 6.10 Å². The van der Waals surface area contributed by atoms with Crippen molar-refractivity contribution in [1.29, 1.82) is 0 Å². The molecule has 1 aliphatic carbocycles. The van der Waals surface area contributed by atoms with Gasteiger partial charge in [-0.1, -0.05) is 42.5 Å². The second-order valence-corrected chi connectivity index (χ2v) is 6.72. The number of fused-ring (bicyclic) bond motifs is 1. The molecule has 3 aromatic carbocycles. The van der Waals surface area contributed by atoms with Crippen LogP contribution < -0.4 is 15.2 Å². The Hall–Kier alpha value is -3.27. The molecule has 0 unspecified atom stereocenters. The Morgan fingerprint density at radius 1 is 0.889 bits per heavy atom. The summed E-state index contributed by atoms with van der Waals surface area (Å²) in [5, 5.41) is 0. The molecule has 4 nitrogen and oxygen atoms in total. The number of rotatable bonds is 5. The number of amides is 1. The van der Waals surface area contributed by atoms with Gasteiger partial charge in [-0.05, 0) is 46.5 Å². The van der Waals surface area contributed by atoms with Crippen LogP contribution in [0.3, 0.4) is 0 Å². The Bertz CT molecular complexity index is 954. The van der Waals surface area contributed by atoms with Gasteiger partial charge in [-0.2, -0.15) is 0 Å². The fourth-order valence-electron chi connectivity index (χ4n) is 3.56. The average molecular weight is 359 g/mol. The van der Waals surface area contributed by atoms with Crippen molar-refractivity contribution in [2.45, 2.75) is 18.9 Å². The Morgan fingerprint density at radius 2 is 1.52 bits per heavy atom. The molecule has 2 N–H and O–H groups in total. The zero-order valence-corrected chi connectivity index (χ0v) is 15.1. The first-order chi connectivity index (χ1) is 13.1. The van der Waals surface area contributed by atoms with E-state index >= 15 is 0 Å². The van der Waals surface area contributed by atoms with Gasteiger partial charge in [-0.3, -0.25) is 4.79 Å². The molecule has 4 rings (SSSR count). The molecule has 0 fully saturated rings. The molecule has 0 bridgehead atoms. The lowest BCUT2D eigenvalue weighted by atomic mass is 10.0. The summed E-state index contributed by atoms with van der Waals surface area (Å²) in [5.41, 5.74) is 10.5. The Kier molecular flexibility index (Phi) is 4.55. The Labute approximate surface area is 158 Å². The highest BCUT2D eigenvalue weighted by atomic mass is 16.5. The van der Waals surface area contributed by atoms with E-state index in [1.165, 1.54) is 11.1 Å². The standard InChI is InChI=1S/C23H21NO3/c1-26-21-11-10-19(15-6-8-16(9-7-15)23(24)25)14-22(21)27-20-12-17-4-2-3-5-18(17)13-20/h2-11,14,20H,12-13H2,1H3,(H2,24,25). The smallest absolute Gasteiger partial charge is 0.248 e. The van der Waals surface area contributed by atoms with E-state index < -0.39 is 5.91 Å². The first-order valence-corrected chi connectivity index (χ1v) is 8.96. The Balaban J connectivity index is 1.59. The van der Waals surface area contributed by atoms with Crippen LogP contribution in [0.2, 0.25) is 0 Å². The number of methoxy groups -OCH3 is 1. The number of nitrogens with two attached hydrogens (primary N) is 1. The summed E-state index contributed by atoms with van der Waals surface area (Å²) in [6, 6.07) is 21.6. The average Bonchev–Trinajstić information content (AvgIpc) is 3.10. The lowest BCUT2D eigenvalue weighted by Gasteiger charge is -2.17. The van der Waals surface area contributed by atoms with Crippen LogP contribution in [0.5, 0.6) is 11.5 Å². The molecule has 1 aliphatic rings. The molecule has 1 amide bonds. The van der Waals surface area contributed by atoms with E-state index in [0.29, 0.717) is 11.3 Å². The molecule has 3 aromatic rings. The summed E-state index contributed by atoms with van der Waals surface area (Å²) in [5.74, 6) is 1.01. The second-order valence-electron chi connectivity index (χ2n) is 6.72. The fourth-order valence-corrected chi connectivity index (χ4v) is 3.56. The molecule has 27 heavy (non-hydrogen) atoms. The van der Waals surface area contributed by atoms with Crippen molar-refractivity contribution < 1.29 is 14.3 Å². The summed E-state index contributed by atoms with van der Waals surface area (Å²) in [4.78, 5) is 11.3. The van der Waals surface area contributed by atoms with Crippen LogP contribution >= 0.6 is 0 Å². The van der Waals surface area contributed by atoms with Crippen molar-refractivity contribution >= 4 is 5.91 Å². The summed E-state index contributed by atoms with van der Waals surface area (Å²) in [6.07, 6.45) is 1.90. The van der Waals surface area contributed by atoms with Crippen molar-refractivity contribution in [3.8, 4) is 22.6 Å². The minimum Gasteiger partial charge on any atom is -0.493 e. The molecule has 0 aromatic heterocycles. The molecule has 0 heterocycles. The van der Waals surface area contributed by atoms with E-state index in [4.69, 9.17) is 15.2 Å². The topological polar surface area (TPSA) is 61.5 Å². The first-order valence-electron chi connectivity index (χ1n) is 8.96. The third kappa shape index (κ3) is 3.51. The van der Waals surface area contributed by atoms with Crippen LogP contribution in [-0.2, 0) is 12.8 Å². The van der Waals surface area contributed by atoms with Gasteiger partial charge in [0.25, 0.3) is 0 Å². The van der Waals surface area contributed by atoms with E-state index in [9.17, 15) is 4.79 Å². The number of carbonyl (C=O) groups excluding carboxylic acids is 1. The maximum Gasteiger partial charge on any atom is 0.248 e. The van der Waals surface area contributed by atoms with Crippen LogP contribution in [0.15, 0.2) is 66.7 Å². The van der Waals surface area contributed by atoms with E-state index in [1.54, 1.807) is 19.2 Å². The molecule has 0 radical (unpaired) electrons. The normalized spacial score (nSPS) is 13.2. The van der Waals surface area contributed by atoms with Gasteiger partial charge in [-0.15, -0.1) is 0 Å². The number of benzene rings is 3. The fraction of sp³-hybridized carbons (Fsp3) is 0.174. The SMILES string of the molecule is COc1ccc(-c2ccc(C(N)=O)cc2)cc1OC1Cc2ccccc2C1. The number of primary amides is 1.